The van der Waals surface area contributed by atoms with Gasteiger partial charge in [-0.3, -0.25) is 14.3 Å². The van der Waals surface area contributed by atoms with E-state index in [-0.39, 0.29) is 12.2 Å². The summed E-state index contributed by atoms with van der Waals surface area (Å²) in [5, 5.41) is 16.9. The van der Waals surface area contributed by atoms with Crippen molar-refractivity contribution < 1.29 is 14.6 Å². The molecule has 1 fully saturated rings. The van der Waals surface area contributed by atoms with Crippen LogP contribution in [0.4, 0.5) is 4.39 Å². The van der Waals surface area contributed by atoms with Crippen molar-refractivity contribution in [3.8, 4) is 0 Å². The van der Waals surface area contributed by atoms with Crippen LogP contribution in [0.1, 0.15) is 10.9 Å². The number of hydrogen-bond donors (Lipinski definition) is 3. The molecule has 1 aromatic rings. The van der Waals surface area contributed by atoms with Gasteiger partial charge in [-0.2, -0.15) is 0 Å². The summed E-state index contributed by atoms with van der Waals surface area (Å²) in [5.41, 5.74) is -0.963. The SMILES string of the molecule is Cc1cn([C@H]2S[C@@H](CO)[C@@H](O)[C@H]2F)c(=O)[nH]c1=O. The van der Waals surface area contributed by atoms with Crippen LogP contribution in [0, 0.1) is 6.92 Å². The number of thioether (sulfide) groups is 1. The minimum atomic E-state index is -1.67. The number of aliphatic hydroxyl groups is 2. The fraction of sp³-hybridized carbons (Fsp3) is 0.600. The maximum atomic E-state index is 13.9. The summed E-state index contributed by atoms with van der Waals surface area (Å²) >= 11 is 0.975. The molecule has 4 atom stereocenters. The first-order chi connectivity index (χ1) is 8.45. The topological polar surface area (TPSA) is 95.3 Å². The third-order valence-electron chi connectivity index (χ3n) is 2.89. The second-order valence-electron chi connectivity index (χ2n) is 4.16. The Bertz CT molecular complexity index is 558. The van der Waals surface area contributed by atoms with Crippen LogP contribution in [0.3, 0.4) is 0 Å². The smallest absolute Gasteiger partial charge is 0.329 e. The van der Waals surface area contributed by atoms with E-state index in [0.29, 0.717) is 0 Å². The van der Waals surface area contributed by atoms with E-state index < -0.39 is 34.1 Å². The van der Waals surface area contributed by atoms with Gasteiger partial charge in [-0.25, -0.2) is 9.18 Å². The van der Waals surface area contributed by atoms with Crippen LogP contribution >= 0.6 is 11.8 Å². The number of aryl methyl sites for hydroxylation is 1. The van der Waals surface area contributed by atoms with Crippen LogP contribution in [-0.2, 0) is 0 Å². The molecule has 6 nitrogen and oxygen atoms in total. The lowest BCUT2D eigenvalue weighted by Gasteiger charge is -2.16. The summed E-state index contributed by atoms with van der Waals surface area (Å²) in [4.78, 5) is 24.9. The molecule has 0 aromatic carbocycles. The minimum Gasteiger partial charge on any atom is -0.395 e. The summed E-state index contributed by atoms with van der Waals surface area (Å²) in [7, 11) is 0. The van der Waals surface area contributed by atoms with Crippen molar-refractivity contribution in [3.05, 3.63) is 32.6 Å². The van der Waals surface area contributed by atoms with Gasteiger partial charge in [-0.15, -0.1) is 11.8 Å². The zero-order chi connectivity index (χ0) is 13.4. The van der Waals surface area contributed by atoms with Gasteiger partial charge in [0.2, 0.25) is 0 Å². The van der Waals surface area contributed by atoms with Crippen LogP contribution < -0.4 is 11.2 Å². The Hall–Kier alpha value is -1.12. The summed E-state index contributed by atoms with van der Waals surface area (Å²) < 4.78 is 14.9. The number of aromatic amines is 1. The van der Waals surface area contributed by atoms with Gasteiger partial charge in [0, 0.05) is 11.8 Å². The molecule has 1 aliphatic heterocycles. The second-order valence-corrected chi connectivity index (χ2v) is 5.52. The number of alkyl halides is 1. The van der Waals surface area contributed by atoms with E-state index in [1.54, 1.807) is 0 Å². The highest BCUT2D eigenvalue weighted by Crippen LogP contribution is 2.42. The van der Waals surface area contributed by atoms with Crippen LogP contribution in [0.25, 0.3) is 0 Å². The highest BCUT2D eigenvalue weighted by molar-refractivity contribution is 8.00. The Morgan fingerprint density at radius 3 is 2.78 bits per heavy atom. The minimum absolute atomic E-state index is 0.282. The largest absolute Gasteiger partial charge is 0.395 e. The molecule has 3 N–H and O–H groups in total. The van der Waals surface area contributed by atoms with Crippen molar-refractivity contribution in [1.82, 2.24) is 9.55 Å². The predicted octanol–water partition coefficient (Wildman–Crippen LogP) is -0.850. The third-order valence-corrected chi connectivity index (χ3v) is 4.44. The number of aliphatic hydroxyl groups excluding tert-OH is 2. The zero-order valence-electron chi connectivity index (χ0n) is 9.54. The molecule has 0 radical (unpaired) electrons. The monoisotopic (exact) mass is 276 g/mol. The number of halogens is 1. The number of rotatable bonds is 2. The molecular weight excluding hydrogens is 263 g/mol. The average molecular weight is 276 g/mol. The summed E-state index contributed by atoms with van der Waals surface area (Å²) in [6.07, 6.45) is -1.74. The van der Waals surface area contributed by atoms with Gasteiger partial charge < -0.3 is 10.2 Å². The van der Waals surface area contributed by atoms with Crippen LogP contribution in [0.2, 0.25) is 0 Å². The number of nitrogens with zero attached hydrogens (tertiary/aromatic N) is 1. The van der Waals surface area contributed by atoms with Crippen molar-refractivity contribution in [3.63, 3.8) is 0 Å². The Morgan fingerprint density at radius 2 is 2.22 bits per heavy atom. The molecule has 100 valence electrons. The summed E-state index contributed by atoms with van der Waals surface area (Å²) in [5.74, 6) is 0. The van der Waals surface area contributed by atoms with Crippen molar-refractivity contribution in [2.75, 3.05) is 6.61 Å². The van der Waals surface area contributed by atoms with Gasteiger partial charge in [0.1, 0.15) is 11.5 Å². The van der Waals surface area contributed by atoms with E-state index in [1.807, 2.05) is 0 Å². The number of aromatic nitrogens is 2. The lowest BCUT2D eigenvalue weighted by Crippen LogP contribution is -2.36. The first kappa shape index (κ1) is 13.3. The fourth-order valence-corrected chi connectivity index (χ4v) is 3.21. The van der Waals surface area contributed by atoms with E-state index in [9.17, 15) is 19.1 Å². The Labute approximate surface area is 105 Å². The summed E-state index contributed by atoms with van der Waals surface area (Å²) in [6, 6.07) is 0. The van der Waals surface area contributed by atoms with E-state index in [4.69, 9.17) is 5.11 Å². The first-order valence-electron chi connectivity index (χ1n) is 5.36. The Balaban J connectivity index is 2.42. The van der Waals surface area contributed by atoms with Gasteiger partial charge in [0.25, 0.3) is 5.56 Å². The molecule has 2 rings (SSSR count). The van der Waals surface area contributed by atoms with Gasteiger partial charge >= 0.3 is 5.69 Å². The van der Waals surface area contributed by atoms with Crippen molar-refractivity contribution in [2.45, 2.75) is 29.8 Å². The molecular formula is C10H13FN2O4S. The van der Waals surface area contributed by atoms with Gasteiger partial charge in [0.15, 0.2) is 6.17 Å². The van der Waals surface area contributed by atoms with Crippen molar-refractivity contribution in [2.24, 2.45) is 0 Å². The standard InChI is InChI=1S/C10H13FN2O4S/c1-4-2-13(10(17)12-8(4)16)9-6(11)7(15)5(3-14)18-9/h2,5-7,9,14-15H,3H2,1H3,(H,12,16,17)/t5-,6+,7+,9-/m0/s1. The lowest BCUT2D eigenvalue weighted by molar-refractivity contribution is 0.0631. The maximum absolute atomic E-state index is 13.9. The number of hydrogen-bond acceptors (Lipinski definition) is 5. The van der Waals surface area contributed by atoms with Crippen molar-refractivity contribution in [1.29, 1.82) is 0 Å². The number of H-pyrrole nitrogens is 1. The highest BCUT2D eigenvalue weighted by atomic mass is 32.2. The molecule has 0 bridgehead atoms. The molecule has 0 unspecified atom stereocenters. The van der Waals surface area contributed by atoms with Crippen molar-refractivity contribution >= 4 is 11.8 Å². The molecule has 0 amide bonds. The molecule has 0 saturated carbocycles. The highest BCUT2D eigenvalue weighted by Gasteiger charge is 2.44. The normalized spacial score (nSPS) is 31.8. The van der Waals surface area contributed by atoms with E-state index in [1.165, 1.54) is 13.1 Å². The second kappa shape index (κ2) is 4.87. The lowest BCUT2D eigenvalue weighted by atomic mass is 10.1. The first-order valence-corrected chi connectivity index (χ1v) is 6.30. The molecule has 1 aromatic heterocycles. The number of nitrogens with one attached hydrogen (secondary N) is 1. The van der Waals surface area contributed by atoms with Crippen LogP contribution in [-0.4, -0.2) is 43.9 Å². The van der Waals surface area contributed by atoms with E-state index in [0.717, 1.165) is 16.3 Å². The molecule has 8 heteroatoms. The fourth-order valence-electron chi connectivity index (χ4n) is 1.85. The molecule has 1 saturated heterocycles. The van der Waals surface area contributed by atoms with Crippen LogP contribution in [0.5, 0.6) is 0 Å². The molecule has 2 heterocycles. The Kier molecular flexibility index (Phi) is 3.60. The van der Waals surface area contributed by atoms with E-state index >= 15 is 0 Å². The average Bonchev–Trinajstić information content (AvgIpc) is 2.61. The molecule has 18 heavy (non-hydrogen) atoms. The van der Waals surface area contributed by atoms with Gasteiger partial charge in [-0.05, 0) is 6.92 Å². The quantitative estimate of drug-likeness (QED) is 0.654. The van der Waals surface area contributed by atoms with Gasteiger partial charge in [-0.1, -0.05) is 0 Å². The molecule has 0 spiro atoms. The molecule has 1 aliphatic rings. The van der Waals surface area contributed by atoms with Crippen LogP contribution in [0.15, 0.2) is 15.8 Å². The zero-order valence-corrected chi connectivity index (χ0v) is 10.4. The van der Waals surface area contributed by atoms with E-state index in [2.05, 4.69) is 4.98 Å². The summed E-state index contributed by atoms with van der Waals surface area (Å²) in [6.45, 7) is 1.13. The maximum Gasteiger partial charge on any atom is 0.329 e. The Morgan fingerprint density at radius 1 is 1.56 bits per heavy atom. The molecule has 0 aliphatic carbocycles. The predicted molar refractivity (Wildman–Crippen MR) is 64.5 cm³/mol. The van der Waals surface area contributed by atoms with Gasteiger partial charge in [0.05, 0.1) is 11.9 Å². The third kappa shape index (κ3) is 2.11.